The Bertz CT molecular complexity index is 910. The average molecular weight is 387 g/mol. The number of hydrogen-bond donors (Lipinski definition) is 1. The highest BCUT2D eigenvalue weighted by atomic mass is 32.2. The first kappa shape index (κ1) is 18.6. The van der Waals surface area contributed by atoms with Gasteiger partial charge in [-0.3, -0.25) is 4.84 Å². The second kappa shape index (κ2) is 6.71. The van der Waals surface area contributed by atoms with Gasteiger partial charge in [0.2, 0.25) is 10.0 Å². The van der Waals surface area contributed by atoms with Gasteiger partial charge in [-0.2, -0.15) is 9.79 Å². The third-order valence-electron chi connectivity index (χ3n) is 5.86. The lowest BCUT2D eigenvalue weighted by molar-refractivity contribution is -0.0525. The number of hydroxylamine groups is 1. The third kappa shape index (κ3) is 3.31. The fourth-order valence-electron chi connectivity index (χ4n) is 4.21. The van der Waals surface area contributed by atoms with E-state index in [9.17, 15) is 8.42 Å². The quantitative estimate of drug-likeness (QED) is 0.878. The summed E-state index contributed by atoms with van der Waals surface area (Å²) >= 11 is 0. The van der Waals surface area contributed by atoms with Crippen LogP contribution in [0.2, 0.25) is 0 Å². The Kier molecular flexibility index (Phi) is 4.63. The van der Waals surface area contributed by atoms with Crippen LogP contribution in [0.5, 0.6) is 0 Å². The first-order valence-electron chi connectivity index (χ1n) is 9.35. The van der Waals surface area contributed by atoms with Crippen LogP contribution in [-0.2, 0) is 21.3 Å². The van der Waals surface area contributed by atoms with E-state index in [0.717, 1.165) is 11.1 Å². The fourth-order valence-corrected chi connectivity index (χ4v) is 5.87. The van der Waals surface area contributed by atoms with Crippen LogP contribution in [0.15, 0.2) is 59.5 Å². The van der Waals surface area contributed by atoms with Crippen molar-refractivity contribution in [3.05, 3.63) is 65.7 Å². The topological polar surface area (TPSA) is 58.6 Å². The fraction of sp³-hybridized carbons (Fsp3) is 0.429. The van der Waals surface area contributed by atoms with Crippen molar-refractivity contribution in [3.63, 3.8) is 0 Å². The monoisotopic (exact) mass is 386 g/mol. The molecule has 6 heteroatoms. The van der Waals surface area contributed by atoms with Crippen LogP contribution < -0.4 is 5.48 Å². The molecule has 0 unspecified atom stereocenters. The zero-order valence-corrected chi connectivity index (χ0v) is 16.7. The molecular formula is C21H26N2O3S. The molecule has 0 spiro atoms. The SMILES string of the molecule is Cc1ccc(S(=O)(=O)N2C[C@@H]3[C@@H](NOC3(C)C)[C@@H]2Cc2ccccc2)cc1. The van der Waals surface area contributed by atoms with E-state index in [2.05, 4.69) is 5.48 Å². The zero-order chi connectivity index (χ0) is 19.2. The molecule has 0 amide bonds. The number of nitrogens with one attached hydrogen (secondary N) is 1. The molecule has 2 aromatic carbocycles. The van der Waals surface area contributed by atoms with E-state index in [4.69, 9.17) is 4.84 Å². The third-order valence-corrected chi connectivity index (χ3v) is 7.77. The van der Waals surface area contributed by atoms with E-state index >= 15 is 0 Å². The van der Waals surface area contributed by atoms with E-state index in [0.29, 0.717) is 17.9 Å². The van der Waals surface area contributed by atoms with Gasteiger partial charge in [0.25, 0.3) is 0 Å². The minimum atomic E-state index is -3.58. The first-order valence-corrected chi connectivity index (χ1v) is 10.8. The van der Waals surface area contributed by atoms with Crippen molar-refractivity contribution in [3.8, 4) is 0 Å². The molecule has 0 aromatic heterocycles. The molecule has 0 radical (unpaired) electrons. The number of rotatable bonds is 4. The van der Waals surface area contributed by atoms with Crippen molar-refractivity contribution < 1.29 is 13.3 Å². The summed E-state index contributed by atoms with van der Waals surface area (Å²) in [5, 5.41) is 0. The molecule has 27 heavy (non-hydrogen) atoms. The second-order valence-electron chi connectivity index (χ2n) is 8.10. The summed E-state index contributed by atoms with van der Waals surface area (Å²) in [6.07, 6.45) is 0.652. The lowest BCUT2D eigenvalue weighted by Crippen LogP contribution is -2.45. The van der Waals surface area contributed by atoms with Crippen molar-refractivity contribution >= 4 is 10.0 Å². The van der Waals surface area contributed by atoms with Gasteiger partial charge in [-0.05, 0) is 44.9 Å². The van der Waals surface area contributed by atoms with Crippen molar-refractivity contribution in [2.24, 2.45) is 5.92 Å². The van der Waals surface area contributed by atoms with Gasteiger partial charge in [0.15, 0.2) is 0 Å². The molecule has 2 aliphatic rings. The second-order valence-corrected chi connectivity index (χ2v) is 9.99. The van der Waals surface area contributed by atoms with E-state index < -0.39 is 15.6 Å². The summed E-state index contributed by atoms with van der Waals surface area (Å²) in [7, 11) is -3.58. The molecule has 0 bridgehead atoms. The molecule has 2 saturated heterocycles. The van der Waals surface area contributed by atoms with Gasteiger partial charge in [-0.15, -0.1) is 0 Å². The van der Waals surface area contributed by atoms with Crippen LogP contribution >= 0.6 is 0 Å². The predicted molar refractivity (Wildman–Crippen MR) is 105 cm³/mol. The van der Waals surface area contributed by atoms with Crippen molar-refractivity contribution in [2.45, 2.75) is 49.8 Å². The van der Waals surface area contributed by atoms with Gasteiger partial charge in [0.1, 0.15) is 0 Å². The molecular weight excluding hydrogens is 360 g/mol. The molecule has 2 aliphatic heterocycles. The Morgan fingerprint density at radius 2 is 1.78 bits per heavy atom. The first-order chi connectivity index (χ1) is 12.8. The summed E-state index contributed by atoms with van der Waals surface area (Å²) in [5.74, 6) is 0.103. The number of benzene rings is 2. The maximum absolute atomic E-state index is 13.4. The Morgan fingerprint density at radius 3 is 2.44 bits per heavy atom. The molecule has 5 nitrogen and oxygen atoms in total. The summed E-state index contributed by atoms with van der Waals surface area (Å²) in [6.45, 7) is 6.45. The van der Waals surface area contributed by atoms with Gasteiger partial charge in [-0.25, -0.2) is 8.42 Å². The lowest BCUT2D eigenvalue weighted by Gasteiger charge is -2.28. The predicted octanol–water partition coefficient (Wildman–Crippen LogP) is 2.91. The number of fused-ring (bicyclic) bond motifs is 1. The van der Waals surface area contributed by atoms with Gasteiger partial charge in [0.05, 0.1) is 16.5 Å². The Balaban J connectivity index is 1.71. The summed E-state index contributed by atoms with van der Waals surface area (Å²) in [4.78, 5) is 6.14. The number of aryl methyl sites for hydroxylation is 1. The maximum Gasteiger partial charge on any atom is 0.243 e. The summed E-state index contributed by atoms with van der Waals surface area (Å²) < 4.78 is 28.6. The highest BCUT2D eigenvalue weighted by Gasteiger charge is 2.56. The summed E-state index contributed by atoms with van der Waals surface area (Å²) in [6, 6.07) is 16.9. The minimum absolute atomic E-state index is 0.0274. The van der Waals surface area contributed by atoms with E-state index in [1.54, 1.807) is 16.4 Å². The largest absolute Gasteiger partial charge is 0.295 e. The molecule has 4 rings (SSSR count). The highest BCUT2D eigenvalue weighted by Crippen LogP contribution is 2.41. The molecule has 3 atom stereocenters. The van der Waals surface area contributed by atoms with Crippen LogP contribution in [0, 0.1) is 12.8 Å². The Morgan fingerprint density at radius 1 is 1.11 bits per heavy atom. The molecule has 1 N–H and O–H groups in total. The minimum Gasteiger partial charge on any atom is -0.295 e. The molecule has 2 heterocycles. The van der Waals surface area contributed by atoms with Crippen LogP contribution in [0.4, 0.5) is 0 Å². The normalized spacial score (nSPS) is 27.6. The van der Waals surface area contributed by atoms with Crippen molar-refractivity contribution in [1.82, 2.24) is 9.79 Å². The molecule has 0 aliphatic carbocycles. The van der Waals surface area contributed by atoms with Crippen LogP contribution in [0.3, 0.4) is 0 Å². The number of sulfonamides is 1. The van der Waals surface area contributed by atoms with Gasteiger partial charge in [-0.1, -0.05) is 48.0 Å². The summed E-state index contributed by atoms with van der Waals surface area (Å²) in [5.41, 5.74) is 4.90. The van der Waals surface area contributed by atoms with Crippen LogP contribution in [0.25, 0.3) is 0 Å². The van der Waals surface area contributed by atoms with E-state index in [-0.39, 0.29) is 18.0 Å². The highest BCUT2D eigenvalue weighted by molar-refractivity contribution is 7.89. The lowest BCUT2D eigenvalue weighted by atomic mass is 9.85. The maximum atomic E-state index is 13.4. The van der Waals surface area contributed by atoms with Gasteiger partial charge >= 0.3 is 0 Å². The average Bonchev–Trinajstić information content (AvgIpc) is 3.15. The Labute approximate surface area is 161 Å². The molecule has 0 saturated carbocycles. The van der Waals surface area contributed by atoms with Crippen LogP contribution in [0.1, 0.15) is 25.0 Å². The zero-order valence-electron chi connectivity index (χ0n) is 15.9. The molecule has 144 valence electrons. The van der Waals surface area contributed by atoms with E-state index in [1.807, 2.05) is 63.2 Å². The van der Waals surface area contributed by atoms with Gasteiger partial charge < -0.3 is 0 Å². The van der Waals surface area contributed by atoms with Crippen LogP contribution in [-0.4, -0.2) is 37.0 Å². The molecule has 2 aromatic rings. The van der Waals surface area contributed by atoms with Gasteiger partial charge in [0, 0.05) is 18.5 Å². The Hall–Kier alpha value is -1.73. The number of hydrogen-bond acceptors (Lipinski definition) is 4. The van der Waals surface area contributed by atoms with Crippen molar-refractivity contribution in [2.75, 3.05) is 6.54 Å². The van der Waals surface area contributed by atoms with E-state index in [1.165, 1.54) is 0 Å². The van der Waals surface area contributed by atoms with Crippen molar-refractivity contribution in [1.29, 1.82) is 0 Å². The standard InChI is InChI=1S/C21H26N2O3S/c1-15-9-11-17(12-10-15)27(24,25)23-14-18-20(22-26-21(18,2)3)19(23)13-16-7-5-4-6-8-16/h4-12,18-20,22H,13-14H2,1-3H3/t18-,19+,20-/m1/s1. The number of nitrogens with zero attached hydrogens (tertiary/aromatic N) is 1. The molecule has 2 fully saturated rings. The smallest absolute Gasteiger partial charge is 0.243 e.